The van der Waals surface area contributed by atoms with Gasteiger partial charge in [0.05, 0.1) is 19.3 Å². The Bertz CT molecular complexity index is 848. The van der Waals surface area contributed by atoms with Crippen LogP contribution in [0, 0.1) is 0 Å². The van der Waals surface area contributed by atoms with E-state index in [0.717, 1.165) is 5.56 Å². The normalized spacial score (nSPS) is 13.8. The van der Waals surface area contributed by atoms with Crippen molar-refractivity contribution in [2.45, 2.75) is 19.4 Å². The lowest BCUT2D eigenvalue weighted by atomic mass is 10.1. The number of benzene rings is 2. The zero-order chi connectivity index (χ0) is 18.7. The zero-order valence-electron chi connectivity index (χ0n) is 14.1. The molecule has 3 amide bonds. The molecule has 2 aromatic rings. The summed E-state index contributed by atoms with van der Waals surface area (Å²) >= 11 is 5.96. The molecule has 0 atom stereocenters. The minimum atomic E-state index is -0.314. The molecular formula is C19H17ClN2O4. The molecule has 6 nitrogen and oxygen atoms in total. The predicted molar refractivity (Wildman–Crippen MR) is 97.2 cm³/mol. The second-order valence-corrected chi connectivity index (χ2v) is 6.31. The maximum Gasteiger partial charge on any atom is 0.255 e. The van der Waals surface area contributed by atoms with Crippen molar-refractivity contribution in [2.24, 2.45) is 0 Å². The van der Waals surface area contributed by atoms with Gasteiger partial charge >= 0.3 is 0 Å². The summed E-state index contributed by atoms with van der Waals surface area (Å²) in [5.74, 6) is -0.134. The lowest BCUT2D eigenvalue weighted by Crippen LogP contribution is -2.28. The third-order valence-corrected chi connectivity index (χ3v) is 4.36. The minimum absolute atomic E-state index is 0.162. The van der Waals surface area contributed by atoms with Crippen LogP contribution in [0.4, 0.5) is 5.69 Å². The van der Waals surface area contributed by atoms with E-state index >= 15 is 0 Å². The van der Waals surface area contributed by atoms with Crippen molar-refractivity contribution in [3.05, 3.63) is 58.6 Å². The average molecular weight is 373 g/mol. The molecule has 1 N–H and O–H groups in total. The molecule has 134 valence electrons. The molecule has 3 rings (SSSR count). The summed E-state index contributed by atoms with van der Waals surface area (Å²) in [5, 5.41) is 3.24. The molecule has 26 heavy (non-hydrogen) atoms. The lowest BCUT2D eigenvalue weighted by Gasteiger charge is -2.14. The first-order chi connectivity index (χ1) is 12.5. The number of carbonyl (C=O) groups is 3. The third kappa shape index (κ3) is 3.86. The zero-order valence-corrected chi connectivity index (χ0v) is 14.9. The van der Waals surface area contributed by atoms with Gasteiger partial charge in [0.25, 0.3) is 5.91 Å². The highest BCUT2D eigenvalue weighted by atomic mass is 35.5. The minimum Gasteiger partial charge on any atom is -0.495 e. The van der Waals surface area contributed by atoms with Gasteiger partial charge in [0.15, 0.2) is 0 Å². The molecule has 1 saturated heterocycles. The number of halogens is 1. The Kier molecular flexibility index (Phi) is 5.23. The Hall–Kier alpha value is -2.86. The van der Waals surface area contributed by atoms with Gasteiger partial charge in [-0.25, -0.2) is 0 Å². The smallest absolute Gasteiger partial charge is 0.255 e. The Morgan fingerprint density at radius 2 is 1.77 bits per heavy atom. The predicted octanol–water partition coefficient (Wildman–Crippen LogP) is 3.25. The molecule has 0 spiro atoms. The highest BCUT2D eigenvalue weighted by Gasteiger charge is 2.28. The highest BCUT2D eigenvalue weighted by Crippen LogP contribution is 2.28. The SMILES string of the molecule is COc1ccc(Cl)cc1NC(=O)c1ccc(CN2C(=O)CCC2=O)cc1. The summed E-state index contributed by atoms with van der Waals surface area (Å²) in [6.07, 6.45) is 0.529. The van der Waals surface area contributed by atoms with Gasteiger partial charge in [0, 0.05) is 23.4 Å². The molecule has 2 aromatic carbocycles. The van der Waals surface area contributed by atoms with E-state index < -0.39 is 0 Å². The molecule has 0 aromatic heterocycles. The first-order valence-electron chi connectivity index (χ1n) is 8.05. The number of likely N-dealkylation sites (tertiary alicyclic amines) is 1. The third-order valence-electron chi connectivity index (χ3n) is 4.12. The van der Waals surface area contributed by atoms with E-state index in [9.17, 15) is 14.4 Å². The highest BCUT2D eigenvalue weighted by molar-refractivity contribution is 6.31. The Labute approximate surface area is 155 Å². The number of ether oxygens (including phenoxy) is 1. The number of methoxy groups -OCH3 is 1. The number of anilines is 1. The second kappa shape index (κ2) is 7.58. The summed E-state index contributed by atoms with van der Waals surface area (Å²) in [4.78, 5) is 37.0. The van der Waals surface area contributed by atoms with Crippen LogP contribution in [0.2, 0.25) is 5.02 Å². The van der Waals surface area contributed by atoms with E-state index in [1.165, 1.54) is 12.0 Å². The first kappa shape index (κ1) is 17.9. The van der Waals surface area contributed by atoms with Crippen LogP contribution in [0.5, 0.6) is 5.75 Å². The molecule has 7 heteroatoms. The number of hydrogen-bond donors (Lipinski definition) is 1. The molecule has 1 aliphatic heterocycles. The van der Waals surface area contributed by atoms with Gasteiger partial charge in [-0.2, -0.15) is 0 Å². The summed E-state index contributed by atoms with van der Waals surface area (Å²) in [5.41, 5.74) is 1.70. The van der Waals surface area contributed by atoms with Crippen LogP contribution >= 0.6 is 11.6 Å². The Balaban J connectivity index is 1.70. The van der Waals surface area contributed by atoms with E-state index in [2.05, 4.69) is 5.32 Å². The number of carbonyl (C=O) groups excluding carboxylic acids is 3. The van der Waals surface area contributed by atoms with E-state index in [1.54, 1.807) is 42.5 Å². The molecule has 0 saturated carbocycles. The molecule has 1 heterocycles. The van der Waals surface area contributed by atoms with E-state index in [-0.39, 0.29) is 37.1 Å². The van der Waals surface area contributed by atoms with Crippen LogP contribution in [0.1, 0.15) is 28.8 Å². The van der Waals surface area contributed by atoms with Gasteiger partial charge in [-0.15, -0.1) is 0 Å². The van der Waals surface area contributed by atoms with Gasteiger partial charge in [0.1, 0.15) is 5.75 Å². The van der Waals surface area contributed by atoms with Crippen LogP contribution in [0.25, 0.3) is 0 Å². The largest absolute Gasteiger partial charge is 0.495 e. The number of nitrogens with zero attached hydrogens (tertiary/aromatic N) is 1. The van der Waals surface area contributed by atoms with Gasteiger partial charge in [-0.3, -0.25) is 19.3 Å². The summed E-state index contributed by atoms with van der Waals surface area (Å²) < 4.78 is 5.21. The number of hydrogen-bond acceptors (Lipinski definition) is 4. The summed E-state index contributed by atoms with van der Waals surface area (Å²) in [7, 11) is 1.51. The van der Waals surface area contributed by atoms with E-state index in [4.69, 9.17) is 16.3 Å². The van der Waals surface area contributed by atoms with Crippen LogP contribution < -0.4 is 10.1 Å². The summed E-state index contributed by atoms with van der Waals surface area (Å²) in [6.45, 7) is 0.224. The topological polar surface area (TPSA) is 75.7 Å². The first-order valence-corrected chi connectivity index (χ1v) is 8.43. The van der Waals surface area contributed by atoms with Crippen molar-refractivity contribution in [2.75, 3.05) is 12.4 Å². The molecule has 0 radical (unpaired) electrons. The Morgan fingerprint density at radius 3 is 2.38 bits per heavy atom. The van der Waals surface area contributed by atoms with Gasteiger partial charge < -0.3 is 10.1 Å². The van der Waals surface area contributed by atoms with Crippen molar-refractivity contribution in [3.63, 3.8) is 0 Å². The van der Waals surface area contributed by atoms with Crippen molar-refractivity contribution < 1.29 is 19.1 Å². The number of rotatable bonds is 5. The van der Waals surface area contributed by atoms with Gasteiger partial charge in [0.2, 0.25) is 11.8 Å². The molecule has 0 aliphatic carbocycles. The van der Waals surface area contributed by atoms with Crippen molar-refractivity contribution >= 4 is 35.0 Å². The second-order valence-electron chi connectivity index (χ2n) is 5.87. The van der Waals surface area contributed by atoms with Crippen LogP contribution in [0.15, 0.2) is 42.5 Å². The van der Waals surface area contributed by atoms with Crippen LogP contribution in [0.3, 0.4) is 0 Å². The fraction of sp³-hybridized carbons (Fsp3) is 0.211. The maximum absolute atomic E-state index is 12.4. The fourth-order valence-corrected chi connectivity index (χ4v) is 2.89. The number of amides is 3. The molecular weight excluding hydrogens is 356 g/mol. The van der Waals surface area contributed by atoms with Gasteiger partial charge in [-0.1, -0.05) is 23.7 Å². The lowest BCUT2D eigenvalue weighted by molar-refractivity contribution is -0.139. The van der Waals surface area contributed by atoms with Crippen molar-refractivity contribution in [1.29, 1.82) is 0 Å². The van der Waals surface area contributed by atoms with Gasteiger partial charge in [-0.05, 0) is 35.9 Å². The standard InChI is InChI=1S/C19H17ClN2O4/c1-26-16-7-6-14(20)10-15(16)21-19(25)13-4-2-12(3-5-13)11-22-17(23)8-9-18(22)24/h2-7,10H,8-9,11H2,1H3,(H,21,25). The summed E-state index contributed by atoms with van der Waals surface area (Å²) in [6, 6.07) is 11.7. The van der Waals surface area contributed by atoms with Crippen LogP contribution in [-0.2, 0) is 16.1 Å². The molecule has 0 unspecified atom stereocenters. The Morgan fingerprint density at radius 1 is 1.12 bits per heavy atom. The molecule has 1 fully saturated rings. The molecule has 1 aliphatic rings. The molecule has 0 bridgehead atoms. The van der Waals surface area contributed by atoms with Crippen molar-refractivity contribution in [1.82, 2.24) is 4.90 Å². The fourth-order valence-electron chi connectivity index (χ4n) is 2.72. The van der Waals surface area contributed by atoms with Crippen LogP contribution in [-0.4, -0.2) is 29.7 Å². The van der Waals surface area contributed by atoms with Crippen molar-refractivity contribution in [3.8, 4) is 5.75 Å². The quantitative estimate of drug-likeness (QED) is 0.817. The average Bonchev–Trinajstić information content (AvgIpc) is 2.94. The van der Waals surface area contributed by atoms with E-state index in [1.807, 2.05) is 0 Å². The maximum atomic E-state index is 12.4. The number of nitrogens with one attached hydrogen (secondary N) is 1. The number of imide groups is 1. The van der Waals surface area contributed by atoms with E-state index in [0.29, 0.717) is 22.0 Å². The monoisotopic (exact) mass is 372 g/mol.